The van der Waals surface area contributed by atoms with Gasteiger partial charge in [0.1, 0.15) is 6.26 Å². The monoisotopic (exact) mass is 219 g/mol. The van der Waals surface area contributed by atoms with Crippen molar-refractivity contribution >= 4 is 5.97 Å². The third-order valence-corrected chi connectivity index (χ3v) is 1.86. The van der Waals surface area contributed by atoms with Crippen LogP contribution in [0.15, 0.2) is 10.7 Å². The highest BCUT2D eigenvalue weighted by molar-refractivity contribution is 5.69. The van der Waals surface area contributed by atoms with Gasteiger partial charge in [-0.1, -0.05) is 6.92 Å². The molecular weight excluding hydrogens is 208 g/mol. The number of oxazole rings is 1. The van der Waals surface area contributed by atoms with Crippen molar-refractivity contribution in [2.45, 2.75) is 26.2 Å². The fraction of sp³-hybridized carbons (Fsp3) is 0.556. The maximum Gasteiger partial charge on any atom is 0.319 e. The number of alkyl halides is 2. The molecule has 0 radical (unpaired) electrons. The van der Waals surface area contributed by atoms with Crippen molar-refractivity contribution in [2.75, 3.05) is 0 Å². The molecule has 1 N–H and O–H groups in total. The van der Waals surface area contributed by atoms with Gasteiger partial charge in [-0.2, -0.15) is 8.78 Å². The van der Waals surface area contributed by atoms with Crippen LogP contribution >= 0.6 is 0 Å². The van der Waals surface area contributed by atoms with E-state index in [0.717, 1.165) is 6.26 Å². The third kappa shape index (κ3) is 3.00. The van der Waals surface area contributed by atoms with E-state index in [9.17, 15) is 13.6 Å². The van der Waals surface area contributed by atoms with Gasteiger partial charge < -0.3 is 9.52 Å². The van der Waals surface area contributed by atoms with Gasteiger partial charge in [0, 0.05) is 13.3 Å². The van der Waals surface area contributed by atoms with Crippen LogP contribution in [0, 0.1) is 5.92 Å². The Hall–Kier alpha value is -1.46. The highest BCUT2D eigenvalue weighted by atomic mass is 19.3. The molecule has 1 atom stereocenters. The lowest BCUT2D eigenvalue weighted by atomic mass is 10.1. The highest BCUT2D eigenvalue weighted by Gasteiger charge is 2.31. The van der Waals surface area contributed by atoms with Gasteiger partial charge in [-0.3, -0.25) is 4.79 Å². The van der Waals surface area contributed by atoms with E-state index in [-0.39, 0.29) is 12.1 Å². The first-order valence-corrected chi connectivity index (χ1v) is 4.36. The number of hydrogen-bond acceptors (Lipinski definition) is 3. The molecule has 0 amide bonds. The van der Waals surface area contributed by atoms with Crippen molar-refractivity contribution in [3.8, 4) is 0 Å². The molecule has 1 aromatic heterocycles. The zero-order valence-electron chi connectivity index (χ0n) is 8.33. The first kappa shape index (κ1) is 11.6. The fourth-order valence-electron chi connectivity index (χ4n) is 1.00. The van der Waals surface area contributed by atoms with Gasteiger partial charge in [0.15, 0.2) is 0 Å². The number of carbonyl (C=O) groups is 1. The Kier molecular flexibility index (Phi) is 3.06. The molecule has 1 heterocycles. The number of aromatic nitrogens is 1. The maximum atomic E-state index is 12.7. The number of carboxylic acid groups (broad SMARTS) is 1. The molecule has 0 aliphatic carbocycles. The Balaban J connectivity index is 2.73. The van der Waals surface area contributed by atoms with Crippen molar-refractivity contribution in [1.82, 2.24) is 4.98 Å². The normalized spacial score (nSPS) is 13.9. The van der Waals surface area contributed by atoms with Gasteiger partial charge in [-0.15, -0.1) is 0 Å². The molecule has 0 spiro atoms. The van der Waals surface area contributed by atoms with Crippen LogP contribution in [0.4, 0.5) is 8.78 Å². The van der Waals surface area contributed by atoms with Crippen molar-refractivity contribution in [2.24, 2.45) is 5.92 Å². The summed E-state index contributed by atoms with van der Waals surface area (Å²) in [6.07, 6.45) is 1.14. The van der Waals surface area contributed by atoms with E-state index >= 15 is 0 Å². The lowest BCUT2D eigenvalue weighted by Crippen LogP contribution is -2.13. The van der Waals surface area contributed by atoms with Crippen LogP contribution in [-0.4, -0.2) is 16.1 Å². The summed E-state index contributed by atoms with van der Waals surface area (Å²) >= 11 is 0. The zero-order valence-corrected chi connectivity index (χ0v) is 8.33. The number of halogens is 2. The lowest BCUT2D eigenvalue weighted by Gasteiger charge is -2.03. The molecule has 0 saturated heterocycles. The molecule has 0 bridgehead atoms. The van der Waals surface area contributed by atoms with Crippen molar-refractivity contribution in [3.63, 3.8) is 0 Å². The van der Waals surface area contributed by atoms with E-state index in [1.54, 1.807) is 0 Å². The number of aliphatic carboxylic acids is 1. The minimum Gasteiger partial charge on any atom is -0.481 e. The average molecular weight is 219 g/mol. The largest absolute Gasteiger partial charge is 0.481 e. The molecule has 1 aromatic rings. The van der Waals surface area contributed by atoms with Gasteiger partial charge in [0.2, 0.25) is 0 Å². The molecule has 1 rings (SSSR count). The Morgan fingerprint density at radius 2 is 2.33 bits per heavy atom. The minimum atomic E-state index is -3.13. The lowest BCUT2D eigenvalue weighted by molar-refractivity contribution is -0.141. The Bertz CT molecular complexity index is 356. The summed E-state index contributed by atoms with van der Waals surface area (Å²) in [5.74, 6) is -5.49. The molecule has 84 valence electrons. The summed E-state index contributed by atoms with van der Waals surface area (Å²) in [5.41, 5.74) is 0.224. The van der Waals surface area contributed by atoms with Gasteiger partial charge in [0.05, 0.1) is 11.6 Å². The quantitative estimate of drug-likeness (QED) is 0.841. The molecule has 0 fully saturated rings. The van der Waals surface area contributed by atoms with Crippen LogP contribution in [0.25, 0.3) is 0 Å². The molecule has 1 unspecified atom stereocenters. The number of hydrogen-bond donors (Lipinski definition) is 1. The first-order chi connectivity index (χ1) is 6.80. The van der Waals surface area contributed by atoms with E-state index in [0.29, 0.717) is 6.92 Å². The minimum absolute atomic E-state index is 0.0783. The summed E-state index contributed by atoms with van der Waals surface area (Å²) in [5, 5.41) is 8.60. The second kappa shape index (κ2) is 3.96. The molecule has 0 aromatic carbocycles. The summed E-state index contributed by atoms with van der Waals surface area (Å²) in [6, 6.07) is 0. The SMILES string of the molecule is CC(Cc1coc(C(C)(F)F)n1)C(=O)O. The van der Waals surface area contributed by atoms with E-state index in [1.165, 1.54) is 6.92 Å². The van der Waals surface area contributed by atoms with Crippen LogP contribution < -0.4 is 0 Å². The molecule has 6 heteroatoms. The van der Waals surface area contributed by atoms with E-state index < -0.39 is 23.7 Å². The zero-order chi connectivity index (χ0) is 11.6. The summed E-state index contributed by atoms with van der Waals surface area (Å²) < 4.78 is 29.9. The highest BCUT2D eigenvalue weighted by Crippen LogP contribution is 2.26. The second-order valence-electron chi connectivity index (χ2n) is 3.48. The topological polar surface area (TPSA) is 63.3 Å². The molecular formula is C9H11F2NO3. The van der Waals surface area contributed by atoms with Crippen molar-refractivity contribution in [3.05, 3.63) is 17.8 Å². The van der Waals surface area contributed by atoms with E-state index in [4.69, 9.17) is 5.11 Å². The van der Waals surface area contributed by atoms with Gasteiger partial charge >= 0.3 is 11.9 Å². The van der Waals surface area contributed by atoms with Gasteiger partial charge in [0.25, 0.3) is 5.89 Å². The first-order valence-electron chi connectivity index (χ1n) is 4.36. The predicted molar refractivity (Wildman–Crippen MR) is 46.6 cm³/mol. The standard InChI is InChI=1S/C9H11F2NO3/c1-5(7(13)14)3-6-4-15-8(12-6)9(2,10)11/h4-5H,3H2,1-2H3,(H,13,14). The summed E-state index contributed by atoms with van der Waals surface area (Å²) in [7, 11) is 0. The van der Waals surface area contributed by atoms with Crippen LogP contribution in [0.1, 0.15) is 25.4 Å². The number of rotatable bonds is 4. The van der Waals surface area contributed by atoms with Crippen LogP contribution in [-0.2, 0) is 17.1 Å². The van der Waals surface area contributed by atoms with Crippen molar-refractivity contribution < 1.29 is 23.1 Å². The maximum absolute atomic E-state index is 12.7. The van der Waals surface area contributed by atoms with Crippen LogP contribution in [0.3, 0.4) is 0 Å². The molecule has 4 nitrogen and oxygen atoms in total. The molecule has 15 heavy (non-hydrogen) atoms. The molecule has 0 aliphatic rings. The molecule has 0 saturated carbocycles. The van der Waals surface area contributed by atoms with Gasteiger partial charge in [-0.05, 0) is 0 Å². The van der Waals surface area contributed by atoms with Crippen molar-refractivity contribution in [1.29, 1.82) is 0 Å². The smallest absolute Gasteiger partial charge is 0.319 e. The van der Waals surface area contributed by atoms with Crippen LogP contribution in [0.5, 0.6) is 0 Å². The Labute approximate surface area is 84.9 Å². The van der Waals surface area contributed by atoms with E-state index in [2.05, 4.69) is 9.40 Å². The number of carboxylic acids is 1. The second-order valence-corrected chi connectivity index (χ2v) is 3.48. The predicted octanol–water partition coefficient (Wildman–Crippen LogP) is 2.05. The van der Waals surface area contributed by atoms with Crippen LogP contribution in [0.2, 0.25) is 0 Å². The third-order valence-electron chi connectivity index (χ3n) is 1.86. The average Bonchev–Trinajstić information content (AvgIpc) is 2.51. The molecule has 0 aliphatic heterocycles. The van der Waals surface area contributed by atoms with Gasteiger partial charge in [-0.25, -0.2) is 4.98 Å². The number of nitrogens with zero attached hydrogens (tertiary/aromatic N) is 1. The summed E-state index contributed by atoms with van der Waals surface area (Å²) in [6.45, 7) is 2.14. The Morgan fingerprint density at radius 3 is 2.73 bits per heavy atom. The summed E-state index contributed by atoms with van der Waals surface area (Å²) in [4.78, 5) is 14.0. The van der Waals surface area contributed by atoms with E-state index in [1.807, 2.05) is 0 Å². The Morgan fingerprint density at radius 1 is 1.73 bits per heavy atom. The fourth-order valence-corrected chi connectivity index (χ4v) is 1.00.